The SMILES string of the molecule is CCCC1SC2C=CC1C2. The van der Waals surface area contributed by atoms with Gasteiger partial charge in [0.25, 0.3) is 0 Å². The van der Waals surface area contributed by atoms with Crippen molar-refractivity contribution < 1.29 is 0 Å². The van der Waals surface area contributed by atoms with Gasteiger partial charge in [-0.05, 0) is 18.8 Å². The van der Waals surface area contributed by atoms with Crippen molar-refractivity contribution in [3.05, 3.63) is 12.2 Å². The van der Waals surface area contributed by atoms with Crippen molar-refractivity contribution in [2.24, 2.45) is 5.92 Å². The number of hydrogen-bond acceptors (Lipinski definition) is 1. The predicted octanol–water partition coefficient (Wildman–Crippen LogP) is 2.85. The minimum absolute atomic E-state index is 0.890. The molecule has 2 rings (SSSR count). The second-order valence-corrected chi connectivity index (χ2v) is 4.77. The molecule has 1 fully saturated rings. The van der Waals surface area contributed by atoms with Crippen LogP contribution in [0.1, 0.15) is 26.2 Å². The van der Waals surface area contributed by atoms with Crippen molar-refractivity contribution >= 4 is 11.8 Å². The largest absolute Gasteiger partial charge is 0.150 e. The molecule has 56 valence electrons. The summed E-state index contributed by atoms with van der Waals surface area (Å²) in [6.45, 7) is 2.29. The Morgan fingerprint density at radius 2 is 2.40 bits per heavy atom. The van der Waals surface area contributed by atoms with E-state index in [9.17, 15) is 0 Å². The van der Waals surface area contributed by atoms with Crippen LogP contribution in [0.2, 0.25) is 0 Å². The van der Waals surface area contributed by atoms with E-state index in [2.05, 4.69) is 30.8 Å². The first-order valence-electron chi connectivity index (χ1n) is 4.24. The molecule has 0 aromatic carbocycles. The first-order chi connectivity index (χ1) is 4.90. The Morgan fingerprint density at radius 1 is 1.50 bits per heavy atom. The topological polar surface area (TPSA) is 0 Å². The Labute approximate surface area is 67.1 Å². The van der Waals surface area contributed by atoms with E-state index in [-0.39, 0.29) is 0 Å². The second kappa shape index (κ2) is 2.61. The molecule has 0 aromatic heterocycles. The zero-order valence-electron chi connectivity index (χ0n) is 6.42. The average molecular weight is 154 g/mol. The number of allylic oxidation sites excluding steroid dienone is 1. The number of rotatable bonds is 2. The smallest absolute Gasteiger partial charge is 0.0236 e. The highest BCUT2D eigenvalue weighted by molar-refractivity contribution is 8.01. The van der Waals surface area contributed by atoms with Gasteiger partial charge in [0.1, 0.15) is 0 Å². The van der Waals surface area contributed by atoms with E-state index in [1.54, 1.807) is 0 Å². The van der Waals surface area contributed by atoms with Gasteiger partial charge in [0.05, 0.1) is 0 Å². The van der Waals surface area contributed by atoms with Crippen molar-refractivity contribution in [1.82, 2.24) is 0 Å². The van der Waals surface area contributed by atoms with E-state index < -0.39 is 0 Å². The van der Waals surface area contributed by atoms with Crippen LogP contribution in [0.15, 0.2) is 12.2 Å². The molecule has 10 heavy (non-hydrogen) atoms. The lowest BCUT2D eigenvalue weighted by atomic mass is 10.0. The molecule has 2 aliphatic rings. The summed E-state index contributed by atoms with van der Waals surface area (Å²) in [7, 11) is 0. The van der Waals surface area contributed by atoms with Crippen molar-refractivity contribution in [2.75, 3.05) is 0 Å². The van der Waals surface area contributed by atoms with Crippen molar-refractivity contribution in [2.45, 2.75) is 36.7 Å². The molecule has 0 N–H and O–H groups in total. The lowest BCUT2D eigenvalue weighted by molar-refractivity contribution is 0.593. The molecule has 0 amide bonds. The van der Waals surface area contributed by atoms with Gasteiger partial charge < -0.3 is 0 Å². The zero-order chi connectivity index (χ0) is 6.97. The molecular formula is C9H14S. The van der Waals surface area contributed by atoms with Crippen LogP contribution >= 0.6 is 11.8 Å². The van der Waals surface area contributed by atoms with E-state index in [0.717, 1.165) is 16.4 Å². The summed E-state index contributed by atoms with van der Waals surface area (Å²) in [5.41, 5.74) is 0. The molecule has 0 spiro atoms. The summed E-state index contributed by atoms with van der Waals surface area (Å²) >= 11 is 2.20. The average Bonchev–Trinajstić information content (AvgIpc) is 2.48. The molecular weight excluding hydrogens is 140 g/mol. The number of fused-ring (bicyclic) bond motifs is 2. The summed E-state index contributed by atoms with van der Waals surface area (Å²) in [6, 6.07) is 0. The molecule has 1 heterocycles. The molecule has 0 saturated carbocycles. The van der Waals surface area contributed by atoms with Crippen molar-refractivity contribution in [3.63, 3.8) is 0 Å². The molecule has 0 aromatic rings. The first kappa shape index (κ1) is 6.78. The minimum Gasteiger partial charge on any atom is -0.150 e. The Kier molecular flexibility index (Phi) is 1.77. The van der Waals surface area contributed by atoms with E-state index >= 15 is 0 Å². The lowest BCUT2D eigenvalue weighted by Crippen LogP contribution is -2.08. The Balaban J connectivity index is 1.96. The van der Waals surface area contributed by atoms with Crippen LogP contribution < -0.4 is 0 Å². The van der Waals surface area contributed by atoms with Gasteiger partial charge in [0.15, 0.2) is 0 Å². The maximum Gasteiger partial charge on any atom is 0.0236 e. The third-order valence-electron chi connectivity index (χ3n) is 2.48. The summed E-state index contributed by atoms with van der Waals surface area (Å²) in [5.74, 6) is 0.940. The fourth-order valence-electron chi connectivity index (χ4n) is 1.96. The Bertz CT molecular complexity index is 151. The monoisotopic (exact) mass is 154 g/mol. The summed E-state index contributed by atoms with van der Waals surface area (Å²) in [6.07, 6.45) is 9.04. The van der Waals surface area contributed by atoms with Gasteiger partial charge in [-0.3, -0.25) is 0 Å². The van der Waals surface area contributed by atoms with E-state index in [4.69, 9.17) is 0 Å². The zero-order valence-corrected chi connectivity index (χ0v) is 7.23. The normalized spacial score (nSPS) is 43.1. The van der Waals surface area contributed by atoms with Crippen molar-refractivity contribution in [3.8, 4) is 0 Å². The van der Waals surface area contributed by atoms with Gasteiger partial charge in [-0.1, -0.05) is 25.5 Å². The molecule has 1 aliphatic heterocycles. The third-order valence-corrected chi connectivity index (χ3v) is 4.11. The fourth-order valence-corrected chi connectivity index (χ4v) is 3.70. The molecule has 3 unspecified atom stereocenters. The maximum absolute atomic E-state index is 2.43. The van der Waals surface area contributed by atoms with Crippen LogP contribution in [0.4, 0.5) is 0 Å². The van der Waals surface area contributed by atoms with Gasteiger partial charge >= 0.3 is 0 Å². The molecule has 1 heteroatoms. The lowest BCUT2D eigenvalue weighted by Gasteiger charge is -2.15. The van der Waals surface area contributed by atoms with Gasteiger partial charge in [-0.2, -0.15) is 11.8 Å². The minimum atomic E-state index is 0.890. The van der Waals surface area contributed by atoms with Crippen LogP contribution in [0.25, 0.3) is 0 Å². The van der Waals surface area contributed by atoms with Gasteiger partial charge in [-0.15, -0.1) is 0 Å². The highest BCUT2D eigenvalue weighted by Crippen LogP contribution is 2.46. The quantitative estimate of drug-likeness (QED) is 0.551. The van der Waals surface area contributed by atoms with Crippen LogP contribution in [0.3, 0.4) is 0 Å². The second-order valence-electron chi connectivity index (χ2n) is 3.29. The standard InChI is InChI=1S/C9H14S/c1-2-3-9-7-4-5-8(6-7)10-9/h4-5,7-9H,2-3,6H2,1H3. The molecule has 1 saturated heterocycles. The Morgan fingerprint density at radius 3 is 2.90 bits per heavy atom. The van der Waals surface area contributed by atoms with Crippen LogP contribution in [0.5, 0.6) is 0 Å². The maximum atomic E-state index is 2.43. The highest BCUT2D eigenvalue weighted by Gasteiger charge is 2.35. The Hall–Kier alpha value is 0.0900. The van der Waals surface area contributed by atoms with Crippen LogP contribution in [-0.4, -0.2) is 10.5 Å². The summed E-state index contributed by atoms with van der Waals surface area (Å²) in [5, 5.41) is 1.86. The summed E-state index contributed by atoms with van der Waals surface area (Å²) < 4.78 is 0. The van der Waals surface area contributed by atoms with Crippen LogP contribution in [0, 0.1) is 5.92 Å². The number of thioether (sulfide) groups is 1. The van der Waals surface area contributed by atoms with Gasteiger partial charge in [0.2, 0.25) is 0 Å². The van der Waals surface area contributed by atoms with E-state index in [1.165, 1.54) is 19.3 Å². The van der Waals surface area contributed by atoms with Gasteiger partial charge in [-0.25, -0.2) is 0 Å². The predicted molar refractivity (Wildman–Crippen MR) is 47.3 cm³/mol. The van der Waals surface area contributed by atoms with Gasteiger partial charge in [0, 0.05) is 10.5 Å². The number of hydrogen-bond donors (Lipinski definition) is 0. The molecule has 2 bridgehead atoms. The fraction of sp³-hybridized carbons (Fsp3) is 0.778. The molecule has 0 radical (unpaired) electrons. The molecule has 1 aliphatic carbocycles. The van der Waals surface area contributed by atoms with E-state index in [0.29, 0.717) is 0 Å². The van der Waals surface area contributed by atoms with Crippen molar-refractivity contribution in [1.29, 1.82) is 0 Å². The molecule has 0 nitrogen and oxygen atoms in total. The van der Waals surface area contributed by atoms with Crippen LogP contribution in [-0.2, 0) is 0 Å². The third kappa shape index (κ3) is 1.01. The highest BCUT2D eigenvalue weighted by atomic mass is 32.2. The summed E-state index contributed by atoms with van der Waals surface area (Å²) in [4.78, 5) is 0. The molecule has 3 atom stereocenters. The van der Waals surface area contributed by atoms with E-state index in [1.807, 2.05) is 0 Å². The first-order valence-corrected chi connectivity index (χ1v) is 5.18.